The lowest BCUT2D eigenvalue weighted by atomic mass is 9.86. The van der Waals surface area contributed by atoms with Gasteiger partial charge >= 0.3 is 0 Å². The maximum Gasteiger partial charge on any atom is 0.224 e. The Labute approximate surface area is 113 Å². The van der Waals surface area contributed by atoms with E-state index < -0.39 is 17.0 Å². The highest BCUT2D eigenvalue weighted by Crippen LogP contribution is 2.26. The first-order valence-electron chi connectivity index (χ1n) is 6.44. The third kappa shape index (κ3) is 4.02. The van der Waals surface area contributed by atoms with Crippen molar-refractivity contribution in [2.24, 2.45) is 0 Å². The van der Waals surface area contributed by atoms with Crippen LogP contribution in [0.1, 0.15) is 41.0 Å². The number of rotatable bonds is 6. The van der Waals surface area contributed by atoms with E-state index in [-0.39, 0.29) is 5.82 Å². The number of nitrogens with one attached hydrogen (secondary N) is 2. The van der Waals surface area contributed by atoms with E-state index in [2.05, 4.69) is 20.6 Å². The minimum atomic E-state index is -1.03. The van der Waals surface area contributed by atoms with Crippen molar-refractivity contribution >= 4 is 11.8 Å². The first-order valence-corrected chi connectivity index (χ1v) is 6.44. The van der Waals surface area contributed by atoms with Gasteiger partial charge in [0.25, 0.3) is 0 Å². The zero-order valence-electron chi connectivity index (χ0n) is 12.2. The van der Waals surface area contributed by atoms with E-state index in [4.69, 9.17) is 0 Å². The van der Waals surface area contributed by atoms with E-state index in [1.807, 2.05) is 6.92 Å². The Morgan fingerprint density at radius 3 is 2.47 bits per heavy atom. The summed E-state index contributed by atoms with van der Waals surface area (Å²) in [4.78, 5) is 7.96. The Bertz CT molecular complexity index is 429. The molecule has 0 spiro atoms. The molecule has 0 amide bonds. The van der Waals surface area contributed by atoms with Crippen LogP contribution in [0.25, 0.3) is 0 Å². The highest BCUT2D eigenvalue weighted by atomic mass is 19.1. The topological polar surface area (TPSA) is 70.1 Å². The second-order valence-corrected chi connectivity index (χ2v) is 5.63. The highest BCUT2D eigenvalue weighted by molar-refractivity contribution is 5.43. The van der Waals surface area contributed by atoms with Crippen LogP contribution in [0.5, 0.6) is 0 Å². The van der Waals surface area contributed by atoms with Crippen LogP contribution in [0, 0.1) is 5.82 Å². The summed E-state index contributed by atoms with van der Waals surface area (Å²) < 4.78 is 13.7. The average Bonchev–Trinajstić information content (AvgIpc) is 2.28. The molecule has 0 saturated carbocycles. The summed E-state index contributed by atoms with van der Waals surface area (Å²) in [6.07, 6.45) is 2.05. The van der Waals surface area contributed by atoms with Crippen LogP contribution >= 0.6 is 0 Å². The molecule has 0 aromatic carbocycles. The van der Waals surface area contributed by atoms with E-state index in [1.54, 1.807) is 27.7 Å². The molecule has 19 heavy (non-hydrogen) atoms. The van der Waals surface area contributed by atoms with Gasteiger partial charge in [0.2, 0.25) is 5.95 Å². The smallest absolute Gasteiger partial charge is 0.224 e. The van der Waals surface area contributed by atoms with Crippen molar-refractivity contribution in [3.8, 4) is 0 Å². The largest absolute Gasteiger partial charge is 0.388 e. The second-order valence-electron chi connectivity index (χ2n) is 5.63. The molecule has 0 saturated heterocycles. The summed E-state index contributed by atoms with van der Waals surface area (Å²) in [7, 11) is 0. The first-order chi connectivity index (χ1) is 8.67. The van der Waals surface area contributed by atoms with Crippen LogP contribution in [0.3, 0.4) is 0 Å². The van der Waals surface area contributed by atoms with Crippen molar-refractivity contribution in [1.82, 2.24) is 9.97 Å². The highest BCUT2D eigenvalue weighted by Gasteiger charge is 2.35. The van der Waals surface area contributed by atoms with Crippen LogP contribution in [0.2, 0.25) is 0 Å². The number of anilines is 2. The molecule has 3 N–H and O–H groups in total. The molecule has 1 aromatic rings. The molecule has 5 nitrogen and oxygen atoms in total. The molecule has 0 aliphatic carbocycles. The fourth-order valence-corrected chi connectivity index (χ4v) is 1.23. The molecule has 0 fully saturated rings. The molecule has 1 aromatic heterocycles. The number of hydrogen-bond acceptors (Lipinski definition) is 5. The van der Waals surface area contributed by atoms with Crippen LogP contribution in [0.4, 0.5) is 16.2 Å². The van der Waals surface area contributed by atoms with Crippen LogP contribution < -0.4 is 10.6 Å². The second kappa shape index (κ2) is 5.69. The molecule has 6 heteroatoms. The Balaban J connectivity index is 2.94. The lowest BCUT2D eigenvalue weighted by Gasteiger charge is -2.38. The van der Waals surface area contributed by atoms with Crippen molar-refractivity contribution in [3.05, 3.63) is 12.0 Å². The average molecular weight is 270 g/mol. The molecular weight excluding hydrogens is 247 g/mol. The Morgan fingerprint density at radius 1 is 1.32 bits per heavy atom. The van der Waals surface area contributed by atoms with Gasteiger partial charge in [0, 0.05) is 6.54 Å². The fourth-order valence-electron chi connectivity index (χ4n) is 1.23. The number of nitrogens with zero attached hydrogens (tertiary/aromatic N) is 2. The Hall–Kier alpha value is -1.43. The molecule has 0 unspecified atom stereocenters. The predicted octanol–water partition coefficient (Wildman–Crippen LogP) is 2.40. The SMILES string of the molecule is CCCNc1ncc(F)c(NC(C)(C)C(C)(C)O)n1. The van der Waals surface area contributed by atoms with Gasteiger partial charge in [-0.05, 0) is 34.1 Å². The molecule has 0 aliphatic heterocycles. The van der Waals surface area contributed by atoms with Gasteiger partial charge < -0.3 is 15.7 Å². The van der Waals surface area contributed by atoms with Gasteiger partial charge in [-0.3, -0.25) is 0 Å². The maximum atomic E-state index is 13.7. The van der Waals surface area contributed by atoms with E-state index in [0.29, 0.717) is 5.95 Å². The molecule has 1 rings (SSSR count). The quantitative estimate of drug-likeness (QED) is 0.740. The summed E-state index contributed by atoms with van der Waals surface area (Å²) >= 11 is 0. The number of aliphatic hydroxyl groups is 1. The zero-order chi connectivity index (χ0) is 14.7. The molecule has 1 heterocycles. The van der Waals surface area contributed by atoms with Gasteiger partial charge in [-0.2, -0.15) is 4.98 Å². The van der Waals surface area contributed by atoms with Gasteiger partial charge in [-0.1, -0.05) is 6.92 Å². The van der Waals surface area contributed by atoms with Crippen LogP contribution in [-0.4, -0.2) is 32.8 Å². The van der Waals surface area contributed by atoms with Gasteiger partial charge in [0.15, 0.2) is 11.6 Å². The van der Waals surface area contributed by atoms with Gasteiger partial charge in [-0.15, -0.1) is 0 Å². The molecule has 0 radical (unpaired) electrons. The summed E-state index contributed by atoms with van der Waals surface area (Å²) in [5.41, 5.74) is -1.76. The Morgan fingerprint density at radius 2 is 1.95 bits per heavy atom. The minimum Gasteiger partial charge on any atom is -0.388 e. The Kier molecular flexibility index (Phi) is 4.68. The van der Waals surface area contributed by atoms with Gasteiger partial charge in [0.1, 0.15) is 0 Å². The fraction of sp³-hybridized carbons (Fsp3) is 0.692. The maximum absolute atomic E-state index is 13.7. The monoisotopic (exact) mass is 270 g/mol. The number of halogens is 1. The zero-order valence-corrected chi connectivity index (χ0v) is 12.2. The van der Waals surface area contributed by atoms with E-state index >= 15 is 0 Å². The van der Waals surface area contributed by atoms with Gasteiger partial charge in [0.05, 0.1) is 17.3 Å². The van der Waals surface area contributed by atoms with Crippen molar-refractivity contribution in [2.75, 3.05) is 17.2 Å². The molecule has 0 aliphatic rings. The summed E-state index contributed by atoms with van der Waals surface area (Å²) in [6.45, 7) is 9.64. The number of aromatic nitrogens is 2. The third-order valence-corrected chi connectivity index (χ3v) is 3.24. The molecule has 0 atom stereocenters. The van der Waals surface area contributed by atoms with Crippen molar-refractivity contribution in [2.45, 2.75) is 52.2 Å². The first kappa shape index (κ1) is 15.6. The number of hydrogen-bond donors (Lipinski definition) is 3. The summed E-state index contributed by atoms with van der Waals surface area (Å²) in [5.74, 6) is -0.0857. The van der Waals surface area contributed by atoms with Crippen LogP contribution in [-0.2, 0) is 0 Å². The van der Waals surface area contributed by atoms with Crippen molar-refractivity contribution < 1.29 is 9.50 Å². The van der Waals surface area contributed by atoms with Gasteiger partial charge in [-0.25, -0.2) is 9.37 Å². The van der Waals surface area contributed by atoms with Crippen molar-refractivity contribution in [3.63, 3.8) is 0 Å². The molecular formula is C13H23FN4O. The predicted molar refractivity (Wildman–Crippen MR) is 74.8 cm³/mol. The summed E-state index contributed by atoms with van der Waals surface area (Å²) in [6, 6.07) is 0. The van der Waals surface area contributed by atoms with E-state index in [0.717, 1.165) is 19.2 Å². The van der Waals surface area contributed by atoms with E-state index in [9.17, 15) is 9.50 Å². The minimum absolute atomic E-state index is 0.0840. The third-order valence-electron chi connectivity index (χ3n) is 3.24. The standard InChI is InChI=1S/C13H23FN4O/c1-6-7-15-11-16-8-9(14)10(17-11)18-12(2,3)13(4,5)19/h8,19H,6-7H2,1-5H3,(H2,15,16,17,18). The normalized spacial score (nSPS) is 12.4. The molecule has 0 bridgehead atoms. The van der Waals surface area contributed by atoms with E-state index in [1.165, 1.54) is 0 Å². The van der Waals surface area contributed by atoms with Crippen LogP contribution in [0.15, 0.2) is 6.20 Å². The lowest BCUT2D eigenvalue weighted by molar-refractivity contribution is 0.0237. The lowest BCUT2D eigenvalue weighted by Crippen LogP contribution is -2.51. The summed E-state index contributed by atoms with van der Waals surface area (Å²) in [5, 5.41) is 16.0. The van der Waals surface area contributed by atoms with Crippen molar-refractivity contribution in [1.29, 1.82) is 0 Å². The molecule has 108 valence electrons.